The fraction of sp³-hybridized carbons (Fsp3) is 0.500. The van der Waals surface area contributed by atoms with Gasteiger partial charge in [0, 0.05) is 30.8 Å². The number of hydrogen-bond acceptors (Lipinski definition) is 6. The normalized spacial score (nSPS) is 25.2. The maximum Gasteiger partial charge on any atom is 0.229 e. The van der Waals surface area contributed by atoms with Gasteiger partial charge in [-0.3, -0.25) is 4.98 Å². The molecule has 1 fully saturated rings. The summed E-state index contributed by atoms with van der Waals surface area (Å²) in [6, 6.07) is 1.82. The second-order valence-corrected chi connectivity index (χ2v) is 5.82. The van der Waals surface area contributed by atoms with E-state index in [0.717, 1.165) is 12.1 Å². The molecule has 2 aromatic heterocycles. The maximum atomic E-state index is 10.2. The van der Waals surface area contributed by atoms with Crippen molar-refractivity contribution in [3.05, 3.63) is 35.2 Å². The Kier molecular flexibility index (Phi) is 4.07. The molecule has 6 nitrogen and oxygen atoms in total. The van der Waals surface area contributed by atoms with Gasteiger partial charge >= 0.3 is 0 Å². The van der Waals surface area contributed by atoms with Crippen LogP contribution in [-0.2, 0) is 0 Å². The van der Waals surface area contributed by atoms with Crippen LogP contribution in [0, 0.1) is 12.8 Å². The molecule has 0 aromatic carbocycles. The number of aliphatic hydroxyl groups is 1. The largest absolute Gasteiger partial charge is 0.393 e. The fourth-order valence-electron chi connectivity index (χ4n) is 2.76. The summed E-state index contributed by atoms with van der Waals surface area (Å²) in [6.07, 6.45) is 4.37. The van der Waals surface area contributed by atoms with E-state index in [4.69, 9.17) is 16.1 Å². The molecule has 0 bridgehead atoms. The van der Waals surface area contributed by atoms with Crippen LogP contribution >= 0.6 is 11.6 Å². The number of aryl methyl sites for hydroxylation is 1. The van der Waals surface area contributed by atoms with Crippen molar-refractivity contribution in [1.82, 2.24) is 15.1 Å². The molecule has 1 aliphatic carbocycles. The first kappa shape index (κ1) is 14.3. The predicted octanol–water partition coefficient (Wildman–Crippen LogP) is 2.39. The Bertz CT molecular complexity index is 619. The van der Waals surface area contributed by atoms with E-state index >= 15 is 0 Å². The van der Waals surface area contributed by atoms with Gasteiger partial charge in [0.15, 0.2) is 5.82 Å². The Hall–Kier alpha value is -1.66. The minimum absolute atomic E-state index is 0.126. The summed E-state index contributed by atoms with van der Waals surface area (Å²) in [5, 5.41) is 17.9. The smallest absolute Gasteiger partial charge is 0.229 e. The van der Waals surface area contributed by atoms with Gasteiger partial charge in [0.05, 0.1) is 16.8 Å². The Morgan fingerprint density at radius 1 is 1.48 bits per heavy atom. The molecule has 1 aliphatic rings. The van der Waals surface area contributed by atoms with Crippen molar-refractivity contribution in [3.63, 3.8) is 0 Å². The average Bonchev–Trinajstić information content (AvgIpc) is 3.04. The van der Waals surface area contributed by atoms with Crippen molar-refractivity contribution in [2.24, 2.45) is 5.92 Å². The maximum absolute atomic E-state index is 10.2. The van der Waals surface area contributed by atoms with Crippen LogP contribution in [0.3, 0.4) is 0 Å². The molecule has 0 spiro atoms. The molecule has 3 atom stereocenters. The minimum Gasteiger partial charge on any atom is -0.393 e. The highest BCUT2D eigenvalue weighted by Gasteiger charge is 2.36. The van der Waals surface area contributed by atoms with Crippen molar-refractivity contribution in [1.29, 1.82) is 0 Å². The highest BCUT2D eigenvalue weighted by atomic mass is 35.5. The average molecular weight is 309 g/mol. The number of aliphatic hydroxyl groups excluding tert-OH is 1. The summed E-state index contributed by atoms with van der Waals surface area (Å²) in [6.45, 7) is 2.44. The van der Waals surface area contributed by atoms with E-state index in [1.54, 1.807) is 19.3 Å². The van der Waals surface area contributed by atoms with E-state index in [1.807, 2.05) is 6.07 Å². The van der Waals surface area contributed by atoms with Crippen LogP contribution in [0.4, 0.5) is 5.69 Å². The van der Waals surface area contributed by atoms with E-state index < -0.39 is 0 Å². The molecule has 7 heteroatoms. The molecule has 0 saturated heterocycles. The van der Waals surface area contributed by atoms with Crippen molar-refractivity contribution in [2.75, 3.05) is 11.9 Å². The lowest BCUT2D eigenvalue weighted by molar-refractivity contribution is 0.137. The third kappa shape index (κ3) is 3.16. The van der Waals surface area contributed by atoms with Crippen LogP contribution < -0.4 is 5.32 Å². The zero-order chi connectivity index (χ0) is 14.8. The van der Waals surface area contributed by atoms with E-state index in [2.05, 4.69) is 20.4 Å². The van der Waals surface area contributed by atoms with Crippen LogP contribution in [-0.4, -0.2) is 32.9 Å². The second kappa shape index (κ2) is 5.99. The van der Waals surface area contributed by atoms with E-state index in [9.17, 15) is 5.11 Å². The molecular weight excluding hydrogens is 292 g/mol. The summed E-state index contributed by atoms with van der Waals surface area (Å²) >= 11 is 6.05. The summed E-state index contributed by atoms with van der Waals surface area (Å²) in [7, 11) is 0. The van der Waals surface area contributed by atoms with E-state index in [-0.39, 0.29) is 17.9 Å². The Labute approximate surface area is 127 Å². The van der Waals surface area contributed by atoms with Crippen molar-refractivity contribution < 1.29 is 9.63 Å². The molecule has 3 rings (SSSR count). The van der Waals surface area contributed by atoms with Gasteiger partial charge in [-0.05, 0) is 25.8 Å². The summed E-state index contributed by atoms with van der Waals surface area (Å²) < 4.78 is 5.20. The van der Waals surface area contributed by atoms with Gasteiger partial charge in [-0.1, -0.05) is 16.8 Å². The zero-order valence-electron chi connectivity index (χ0n) is 11.7. The number of nitrogens with one attached hydrogen (secondary N) is 1. The molecule has 112 valence electrons. The number of anilines is 1. The third-order valence-electron chi connectivity index (χ3n) is 3.88. The van der Waals surface area contributed by atoms with Gasteiger partial charge in [0.2, 0.25) is 5.89 Å². The molecular formula is C14H17ClN4O2. The number of rotatable bonds is 4. The first-order chi connectivity index (χ1) is 10.1. The predicted molar refractivity (Wildman–Crippen MR) is 78.2 cm³/mol. The molecule has 21 heavy (non-hydrogen) atoms. The van der Waals surface area contributed by atoms with Crippen LogP contribution in [0.5, 0.6) is 0 Å². The monoisotopic (exact) mass is 308 g/mol. The SMILES string of the molecule is Cc1noc([C@H]2C[C@H](CNc3ccncc3Cl)[C@H](O)C2)n1. The quantitative estimate of drug-likeness (QED) is 0.902. The minimum atomic E-state index is -0.379. The molecule has 2 N–H and O–H groups in total. The number of hydrogen-bond donors (Lipinski definition) is 2. The summed E-state index contributed by atoms with van der Waals surface area (Å²) in [5.74, 6) is 1.51. The topological polar surface area (TPSA) is 84.1 Å². The summed E-state index contributed by atoms with van der Waals surface area (Å²) in [4.78, 5) is 8.20. The number of aromatic nitrogens is 3. The second-order valence-electron chi connectivity index (χ2n) is 5.41. The highest BCUT2D eigenvalue weighted by Crippen LogP contribution is 2.38. The Balaban J connectivity index is 1.61. The Morgan fingerprint density at radius 3 is 3.05 bits per heavy atom. The lowest BCUT2D eigenvalue weighted by Crippen LogP contribution is -2.22. The van der Waals surface area contributed by atoms with E-state index in [0.29, 0.717) is 29.7 Å². The zero-order valence-corrected chi connectivity index (χ0v) is 12.4. The first-order valence-electron chi connectivity index (χ1n) is 6.95. The van der Waals surface area contributed by atoms with Crippen molar-refractivity contribution in [3.8, 4) is 0 Å². The molecule has 1 saturated carbocycles. The molecule has 2 heterocycles. The summed E-state index contributed by atoms with van der Waals surface area (Å²) in [5.41, 5.74) is 0.830. The lowest BCUT2D eigenvalue weighted by atomic mass is 10.0. The number of halogens is 1. The van der Waals surface area contributed by atoms with Crippen molar-refractivity contribution >= 4 is 17.3 Å². The van der Waals surface area contributed by atoms with E-state index in [1.165, 1.54) is 0 Å². The molecule has 0 amide bonds. The van der Waals surface area contributed by atoms with Gasteiger partial charge in [0.1, 0.15) is 0 Å². The molecule has 2 aromatic rings. The third-order valence-corrected chi connectivity index (χ3v) is 4.18. The highest BCUT2D eigenvalue weighted by molar-refractivity contribution is 6.33. The molecule has 0 aliphatic heterocycles. The van der Waals surface area contributed by atoms with Gasteiger partial charge in [-0.2, -0.15) is 4.98 Å². The molecule has 0 unspecified atom stereocenters. The van der Waals surface area contributed by atoms with Crippen LogP contribution in [0.15, 0.2) is 23.0 Å². The van der Waals surface area contributed by atoms with Crippen LogP contribution in [0.25, 0.3) is 0 Å². The van der Waals surface area contributed by atoms with Gasteiger partial charge in [-0.25, -0.2) is 0 Å². The van der Waals surface area contributed by atoms with Crippen molar-refractivity contribution in [2.45, 2.75) is 31.8 Å². The fourth-order valence-corrected chi connectivity index (χ4v) is 2.95. The number of nitrogens with zero attached hydrogens (tertiary/aromatic N) is 3. The lowest BCUT2D eigenvalue weighted by Gasteiger charge is -2.16. The Morgan fingerprint density at radius 2 is 2.33 bits per heavy atom. The van der Waals surface area contributed by atoms with Crippen LogP contribution in [0.2, 0.25) is 5.02 Å². The standard InChI is InChI=1S/C14H17ClN4O2/c1-8-18-14(21-19-8)9-4-10(13(20)5-9)6-17-12-2-3-16-7-11(12)15/h2-3,7,9-10,13,20H,4-6H2,1H3,(H,16,17)/t9-,10+,13+/m0/s1. The number of pyridine rings is 1. The first-order valence-corrected chi connectivity index (χ1v) is 7.33. The van der Waals surface area contributed by atoms with Gasteiger partial charge in [0.25, 0.3) is 0 Å². The molecule has 0 radical (unpaired) electrons. The van der Waals surface area contributed by atoms with Crippen LogP contribution in [0.1, 0.15) is 30.5 Å². The van der Waals surface area contributed by atoms with Gasteiger partial charge < -0.3 is 14.9 Å². The van der Waals surface area contributed by atoms with Gasteiger partial charge in [-0.15, -0.1) is 0 Å².